The predicted molar refractivity (Wildman–Crippen MR) is 59.9 cm³/mol. The molecule has 0 atom stereocenters. The summed E-state index contributed by atoms with van der Waals surface area (Å²) in [5, 5.41) is 15.1. The van der Waals surface area contributed by atoms with Gasteiger partial charge in [0.1, 0.15) is 0 Å². The molecule has 0 fully saturated rings. The summed E-state index contributed by atoms with van der Waals surface area (Å²) in [4.78, 5) is 0. The summed E-state index contributed by atoms with van der Waals surface area (Å²) in [7, 11) is 0. The van der Waals surface area contributed by atoms with Crippen molar-refractivity contribution in [2.45, 2.75) is 13.8 Å². The van der Waals surface area contributed by atoms with Gasteiger partial charge in [0.25, 0.3) is 0 Å². The Labute approximate surface area is 90.7 Å². The van der Waals surface area contributed by atoms with Crippen molar-refractivity contribution in [3.63, 3.8) is 0 Å². The van der Waals surface area contributed by atoms with Crippen molar-refractivity contribution in [3.05, 3.63) is 15.9 Å². The van der Waals surface area contributed by atoms with Crippen LogP contribution in [0, 0.1) is 16.7 Å². The zero-order valence-electron chi connectivity index (χ0n) is 7.60. The zero-order valence-corrected chi connectivity index (χ0v) is 10.00. The molecule has 13 heavy (non-hydrogen) atoms. The highest BCUT2D eigenvalue weighted by atomic mass is 79.9. The second-order valence-electron chi connectivity index (χ2n) is 3.48. The SMILES string of the molecule is CC(C)(C#N)CNc1cc(Br)cs1. The number of halogens is 1. The molecular formula is C9H11BrN2S. The fraction of sp³-hybridized carbons (Fsp3) is 0.444. The number of rotatable bonds is 3. The highest BCUT2D eigenvalue weighted by Gasteiger charge is 2.16. The van der Waals surface area contributed by atoms with Crippen LogP contribution in [0.3, 0.4) is 0 Å². The van der Waals surface area contributed by atoms with Gasteiger partial charge in [0, 0.05) is 16.4 Å². The Bertz CT molecular complexity index is 325. The maximum absolute atomic E-state index is 8.78. The molecule has 0 aliphatic heterocycles. The smallest absolute Gasteiger partial charge is 0.0894 e. The average Bonchev–Trinajstić information content (AvgIpc) is 2.48. The largest absolute Gasteiger partial charge is 0.375 e. The summed E-state index contributed by atoms with van der Waals surface area (Å²) in [5.41, 5.74) is -0.309. The molecule has 70 valence electrons. The minimum absolute atomic E-state index is 0.309. The van der Waals surface area contributed by atoms with Gasteiger partial charge in [-0.15, -0.1) is 11.3 Å². The first-order valence-corrected chi connectivity index (χ1v) is 5.60. The highest BCUT2D eigenvalue weighted by Crippen LogP contribution is 2.25. The first-order chi connectivity index (χ1) is 6.03. The highest BCUT2D eigenvalue weighted by molar-refractivity contribution is 9.10. The van der Waals surface area contributed by atoms with E-state index in [1.54, 1.807) is 11.3 Å². The van der Waals surface area contributed by atoms with Crippen molar-refractivity contribution < 1.29 is 0 Å². The number of anilines is 1. The number of nitrogens with one attached hydrogen (secondary N) is 1. The molecule has 0 aromatic carbocycles. The van der Waals surface area contributed by atoms with E-state index in [2.05, 4.69) is 27.3 Å². The molecular weight excluding hydrogens is 248 g/mol. The van der Waals surface area contributed by atoms with E-state index in [-0.39, 0.29) is 5.41 Å². The molecule has 0 aliphatic rings. The van der Waals surface area contributed by atoms with Crippen molar-refractivity contribution in [2.75, 3.05) is 11.9 Å². The van der Waals surface area contributed by atoms with E-state index in [4.69, 9.17) is 5.26 Å². The minimum Gasteiger partial charge on any atom is -0.375 e. The Morgan fingerprint density at radius 3 is 2.85 bits per heavy atom. The van der Waals surface area contributed by atoms with Crippen LogP contribution < -0.4 is 5.32 Å². The molecule has 0 saturated carbocycles. The first kappa shape index (κ1) is 10.6. The Hall–Kier alpha value is -0.530. The van der Waals surface area contributed by atoms with Gasteiger partial charge in [0.05, 0.1) is 16.5 Å². The minimum atomic E-state index is -0.309. The van der Waals surface area contributed by atoms with Crippen LogP contribution in [0.15, 0.2) is 15.9 Å². The molecule has 0 bridgehead atoms. The van der Waals surface area contributed by atoms with Crippen molar-refractivity contribution in [2.24, 2.45) is 5.41 Å². The van der Waals surface area contributed by atoms with Gasteiger partial charge in [-0.2, -0.15) is 5.26 Å². The number of nitrogens with zero attached hydrogens (tertiary/aromatic N) is 1. The number of thiophene rings is 1. The predicted octanol–water partition coefficient (Wildman–Crippen LogP) is 3.47. The lowest BCUT2D eigenvalue weighted by atomic mass is 9.96. The van der Waals surface area contributed by atoms with E-state index in [1.807, 2.05) is 25.3 Å². The van der Waals surface area contributed by atoms with Gasteiger partial charge in [0.2, 0.25) is 0 Å². The van der Waals surface area contributed by atoms with Crippen LogP contribution >= 0.6 is 27.3 Å². The van der Waals surface area contributed by atoms with Gasteiger partial charge in [-0.3, -0.25) is 0 Å². The molecule has 4 heteroatoms. The van der Waals surface area contributed by atoms with Crippen LogP contribution in [0.4, 0.5) is 5.00 Å². The van der Waals surface area contributed by atoms with Crippen molar-refractivity contribution >= 4 is 32.3 Å². The number of nitriles is 1. The van der Waals surface area contributed by atoms with E-state index in [0.717, 1.165) is 9.47 Å². The molecule has 1 aromatic rings. The molecule has 0 saturated heterocycles. The topological polar surface area (TPSA) is 35.8 Å². The van der Waals surface area contributed by atoms with Crippen LogP contribution in [0.5, 0.6) is 0 Å². The molecule has 1 rings (SSSR count). The summed E-state index contributed by atoms with van der Waals surface area (Å²) in [6.45, 7) is 4.52. The van der Waals surface area contributed by atoms with Crippen molar-refractivity contribution in [3.8, 4) is 6.07 Å². The van der Waals surface area contributed by atoms with E-state index in [9.17, 15) is 0 Å². The monoisotopic (exact) mass is 258 g/mol. The Morgan fingerprint density at radius 1 is 1.69 bits per heavy atom. The fourth-order valence-corrected chi connectivity index (χ4v) is 2.07. The molecule has 1 heterocycles. The third-order valence-corrected chi connectivity index (χ3v) is 3.22. The van der Waals surface area contributed by atoms with Crippen LogP contribution in [0.2, 0.25) is 0 Å². The van der Waals surface area contributed by atoms with Gasteiger partial charge >= 0.3 is 0 Å². The van der Waals surface area contributed by atoms with E-state index in [1.165, 1.54) is 0 Å². The van der Waals surface area contributed by atoms with Gasteiger partial charge in [-0.05, 0) is 35.8 Å². The third kappa shape index (κ3) is 3.37. The molecule has 1 aromatic heterocycles. The summed E-state index contributed by atoms with van der Waals surface area (Å²) in [6, 6.07) is 4.26. The average molecular weight is 259 g/mol. The number of hydrogen-bond acceptors (Lipinski definition) is 3. The Balaban J connectivity index is 2.49. The Kier molecular flexibility index (Phi) is 3.34. The lowest BCUT2D eigenvalue weighted by molar-refractivity contribution is 0.529. The fourth-order valence-electron chi connectivity index (χ4n) is 0.753. The molecule has 0 radical (unpaired) electrons. The summed E-state index contributed by atoms with van der Waals surface area (Å²) in [6.07, 6.45) is 0. The second kappa shape index (κ2) is 4.12. The van der Waals surface area contributed by atoms with Crippen molar-refractivity contribution in [1.29, 1.82) is 5.26 Å². The van der Waals surface area contributed by atoms with Crippen LogP contribution in [0.1, 0.15) is 13.8 Å². The van der Waals surface area contributed by atoms with E-state index in [0.29, 0.717) is 6.54 Å². The van der Waals surface area contributed by atoms with Crippen LogP contribution in [-0.2, 0) is 0 Å². The van der Waals surface area contributed by atoms with Crippen molar-refractivity contribution in [1.82, 2.24) is 0 Å². The van der Waals surface area contributed by atoms with Gasteiger partial charge < -0.3 is 5.32 Å². The van der Waals surface area contributed by atoms with Gasteiger partial charge in [-0.1, -0.05) is 0 Å². The van der Waals surface area contributed by atoms with E-state index >= 15 is 0 Å². The molecule has 0 amide bonds. The molecule has 0 unspecified atom stereocenters. The summed E-state index contributed by atoms with van der Waals surface area (Å²) in [5.74, 6) is 0. The molecule has 0 aliphatic carbocycles. The van der Waals surface area contributed by atoms with Crippen LogP contribution in [-0.4, -0.2) is 6.54 Å². The van der Waals surface area contributed by atoms with Gasteiger partial charge in [0.15, 0.2) is 0 Å². The lowest BCUT2D eigenvalue weighted by Crippen LogP contribution is -2.20. The summed E-state index contributed by atoms with van der Waals surface area (Å²) >= 11 is 5.01. The van der Waals surface area contributed by atoms with Crippen LogP contribution in [0.25, 0.3) is 0 Å². The molecule has 1 N–H and O–H groups in total. The first-order valence-electron chi connectivity index (χ1n) is 3.93. The summed E-state index contributed by atoms with van der Waals surface area (Å²) < 4.78 is 1.08. The standard InChI is InChI=1S/C9H11BrN2S/c1-9(2,5-11)6-12-8-3-7(10)4-13-8/h3-4,12H,6H2,1-2H3. The second-order valence-corrected chi connectivity index (χ2v) is 5.31. The maximum Gasteiger partial charge on any atom is 0.0894 e. The molecule has 2 nitrogen and oxygen atoms in total. The van der Waals surface area contributed by atoms with E-state index < -0.39 is 0 Å². The third-order valence-electron chi connectivity index (χ3n) is 1.57. The molecule has 0 spiro atoms. The number of hydrogen-bond donors (Lipinski definition) is 1. The normalized spacial score (nSPS) is 10.9. The quantitative estimate of drug-likeness (QED) is 0.902. The lowest BCUT2D eigenvalue weighted by Gasteiger charge is -2.15. The van der Waals surface area contributed by atoms with Gasteiger partial charge in [-0.25, -0.2) is 0 Å². The zero-order chi connectivity index (χ0) is 9.90. The maximum atomic E-state index is 8.78. The Morgan fingerprint density at radius 2 is 2.38 bits per heavy atom.